The van der Waals surface area contributed by atoms with Gasteiger partial charge in [-0.1, -0.05) is 0 Å². The van der Waals surface area contributed by atoms with E-state index < -0.39 is 11.9 Å². The maximum Gasteiger partial charge on any atom is 0.341 e. The molecule has 0 aromatic carbocycles. The molecule has 15 heavy (non-hydrogen) atoms. The van der Waals surface area contributed by atoms with Crippen molar-refractivity contribution in [3.8, 4) is 0 Å². The lowest BCUT2D eigenvalue weighted by molar-refractivity contribution is -0.136. The van der Waals surface area contributed by atoms with E-state index in [0.29, 0.717) is 0 Å². The lowest BCUT2D eigenvalue weighted by Crippen LogP contribution is -2.06. The predicted octanol–water partition coefficient (Wildman–Crippen LogP) is 1.01. The largest absolute Gasteiger partial charge is 0.466 e. The number of furan rings is 1. The molecule has 0 unspecified atom stereocenters. The number of rotatable bonds is 3. The normalized spacial score (nSPS) is 10.9. The van der Waals surface area contributed by atoms with Gasteiger partial charge < -0.3 is 13.9 Å². The summed E-state index contributed by atoms with van der Waals surface area (Å²) in [6, 6.07) is 3.15. The van der Waals surface area contributed by atoms with Crippen molar-refractivity contribution in [2.24, 2.45) is 0 Å². The summed E-state index contributed by atoms with van der Waals surface area (Å²) in [5.74, 6) is -1.05. The van der Waals surface area contributed by atoms with Crippen molar-refractivity contribution in [3.05, 3.63) is 30.2 Å². The van der Waals surface area contributed by atoms with Crippen molar-refractivity contribution in [2.45, 2.75) is 0 Å². The molecular weight excluding hydrogens is 200 g/mol. The van der Waals surface area contributed by atoms with Gasteiger partial charge in [0.15, 0.2) is 0 Å². The van der Waals surface area contributed by atoms with Gasteiger partial charge in [0, 0.05) is 6.08 Å². The van der Waals surface area contributed by atoms with Crippen LogP contribution in [0.2, 0.25) is 0 Å². The molecule has 0 amide bonds. The molecule has 0 N–H and O–H groups in total. The first kappa shape index (κ1) is 11.0. The van der Waals surface area contributed by atoms with Crippen LogP contribution in [0.4, 0.5) is 0 Å². The van der Waals surface area contributed by atoms with Crippen LogP contribution >= 0.6 is 0 Å². The number of carbonyl (C=O) groups excluding carboxylic acids is 2. The average molecular weight is 210 g/mol. The quantitative estimate of drug-likeness (QED) is 0.550. The molecule has 0 atom stereocenters. The minimum absolute atomic E-state index is 0.0225. The minimum atomic E-state index is -0.657. The summed E-state index contributed by atoms with van der Waals surface area (Å²) < 4.78 is 13.9. The van der Waals surface area contributed by atoms with Gasteiger partial charge >= 0.3 is 11.9 Å². The second-order valence-electron chi connectivity index (χ2n) is 2.55. The Bertz CT molecular complexity index is 375. The summed E-state index contributed by atoms with van der Waals surface area (Å²) in [6.45, 7) is 0. The molecule has 1 heterocycles. The lowest BCUT2D eigenvalue weighted by atomic mass is 10.2. The van der Waals surface area contributed by atoms with E-state index in [-0.39, 0.29) is 11.3 Å². The predicted molar refractivity (Wildman–Crippen MR) is 50.7 cm³/mol. The highest BCUT2D eigenvalue weighted by atomic mass is 16.5. The molecule has 0 radical (unpaired) electrons. The maximum absolute atomic E-state index is 11.3. The number of methoxy groups -OCH3 is 2. The number of hydrogen-bond donors (Lipinski definition) is 0. The van der Waals surface area contributed by atoms with E-state index in [2.05, 4.69) is 9.47 Å². The first-order valence-electron chi connectivity index (χ1n) is 4.11. The van der Waals surface area contributed by atoms with Crippen molar-refractivity contribution in [3.63, 3.8) is 0 Å². The van der Waals surface area contributed by atoms with Crippen LogP contribution in [0.3, 0.4) is 0 Å². The zero-order valence-corrected chi connectivity index (χ0v) is 8.35. The Morgan fingerprint density at radius 3 is 2.53 bits per heavy atom. The van der Waals surface area contributed by atoms with Gasteiger partial charge in [0.2, 0.25) is 0 Å². The summed E-state index contributed by atoms with van der Waals surface area (Å²) in [6.07, 6.45) is 2.41. The van der Waals surface area contributed by atoms with Crippen molar-refractivity contribution < 1.29 is 23.5 Å². The second kappa shape index (κ2) is 4.99. The molecule has 0 bridgehead atoms. The summed E-state index contributed by atoms with van der Waals surface area (Å²) in [4.78, 5) is 22.3. The zero-order valence-electron chi connectivity index (χ0n) is 8.35. The van der Waals surface area contributed by atoms with Crippen LogP contribution in [0, 0.1) is 0 Å². The van der Waals surface area contributed by atoms with Gasteiger partial charge in [0.1, 0.15) is 11.3 Å². The Hall–Kier alpha value is -2.04. The van der Waals surface area contributed by atoms with Crippen molar-refractivity contribution >= 4 is 17.5 Å². The molecule has 1 aromatic rings. The Labute approximate surface area is 86.3 Å². The van der Waals surface area contributed by atoms with E-state index in [1.165, 1.54) is 20.5 Å². The van der Waals surface area contributed by atoms with E-state index in [9.17, 15) is 9.59 Å². The Balaban J connectivity index is 3.04. The van der Waals surface area contributed by atoms with Gasteiger partial charge in [0.25, 0.3) is 0 Å². The molecule has 5 nitrogen and oxygen atoms in total. The summed E-state index contributed by atoms with van der Waals surface area (Å²) in [7, 11) is 2.44. The van der Waals surface area contributed by atoms with Gasteiger partial charge in [0.05, 0.1) is 20.5 Å². The second-order valence-corrected chi connectivity index (χ2v) is 2.55. The van der Waals surface area contributed by atoms with Gasteiger partial charge in [-0.3, -0.25) is 0 Å². The summed E-state index contributed by atoms with van der Waals surface area (Å²) in [5, 5.41) is 0. The highest BCUT2D eigenvalue weighted by Crippen LogP contribution is 2.16. The van der Waals surface area contributed by atoms with Gasteiger partial charge in [-0.05, 0) is 12.1 Å². The molecule has 0 fully saturated rings. The third-order valence-electron chi connectivity index (χ3n) is 1.66. The maximum atomic E-state index is 11.3. The van der Waals surface area contributed by atoms with Crippen LogP contribution in [0.5, 0.6) is 0 Å². The molecule has 80 valence electrons. The topological polar surface area (TPSA) is 65.7 Å². The van der Waals surface area contributed by atoms with E-state index in [1.54, 1.807) is 12.1 Å². The monoisotopic (exact) mass is 210 g/mol. The van der Waals surface area contributed by atoms with Gasteiger partial charge in [-0.2, -0.15) is 0 Å². The summed E-state index contributed by atoms with van der Waals surface area (Å²) >= 11 is 0. The van der Waals surface area contributed by atoms with Crippen molar-refractivity contribution in [1.29, 1.82) is 0 Å². The first-order valence-corrected chi connectivity index (χ1v) is 4.11. The number of hydrogen-bond acceptors (Lipinski definition) is 5. The van der Waals surface area contributed by atoms with Crippen LogP contribution < -0.4 is 0 Å². The molecule has 1 rings (SSSR count). The molecule has 0 saturated heterocycles. The fourth-order valence-corrected chi connectivity index (χ4v) is 0.949. The number of carbonyl (C=O) groups is 2. The molecule has 0 aliphatic carbocycles. The van der Waals surface area contributed by atoms with Crippen LogP contribution in [-0.4, -0.2) is 26.2 Å². The first-order chi connectivity index (χ1) is 7.19. The number of esters is 2. The third kappa shape index (κ3) is 2.70. The van der Waals surface area contributed by atoms with Crippen LogP contribution in [-0.2, 0) is 19.1 Å². The van der Waals surface area contributed by atoms with Crippen LogP contribution in [0.15, 0.2) is 28.9 Å². The molecule has 0 saturated carbocycles. The molecular formula is C10H10O5. The van der Waals surface area contributed by atoms with E-state index in [4.69, 9.17) is 4.42 Å². The Morgan fingerprint density at radius 2 is 2.07 bits per heavy atom. The highest BCUT2D eigenvalue weighted by molar-refractivity contribution is 6.19. The SMILES string of the molecule is COC(=O)/C=C(\C(=O)OC)c1ccco1. The molecule has 0 spiro atoms. The Morgan fingerprint density at radius 1 is 1.33 bits per heavy atom. The van der Waals surface area contributed by atoms with E-state index >= 15 is 0 Å². The van der Waals surface area contributed by atoms with Crippen molar-refractivity contribution in [1.82, 2.24) is 0 Å². The zero-order chi connectivity index (χ0) is 11.3. The summed E-state index contributed by atoms with van der Waals surface area (Å²) in [5.41, 5.74) is 0.0225. The fourth-order valence-electron chi connectivity index (χ4n) is 0.949. The van der Waals surface area contributed by atoms with Crippen LogP contribution in [0.25, 0.3) is 5.57 Å². The highest BCUT2D eigenvalue weighted by Gasteiger charge is 2.16. The molecule has 0 aliphatic heterocycles. The van der Waals surface area contributed by atoms with E-state index in [1.807, 2.05) is 0 Å². The third-order valence-corrected chi connectivity index (χ3v) is 1.66. The molecule has 0 aliphatic rings. The smallest absolute Gasteiger partial charge is 0.341 e. The van der Waals surface area contributed by atoms with Gasteiger partial charge in [-0.25, -0.2) is 9.59 Å². The average Bonchev–Trinajstić information content (AvgIpc) is 2.77. The minimum Gasteiger partial charge on any atom is -0.466 e. The molecule has 1 aromatic heterocycles. The van der Waals surface area contributed by atoms with Gasteiger partial charge in [-0.15, -0.1) is 0 Å². The van der Waals surface area contributed by atoms with Crippen LogP contribution in [0.1, 0.15) is 5.76 Å². The Kier molecular flexibility index (Phi) is 3.68. The standard InChI is InChI=1S/C10H10O5/c1-13-9(11)6-7(10(12)14-2)8-4-3-5-15-8/h3-6H,1-2H3/b7-6-. The van der Waals surface area contributed by atoms with E-state index in [0.717, 1.165) is 6.08 Å². The van der Waals surface area contributed by atoms with Crippen molar-refractivity contribution in [2.75, 3.05) is 14.2 Å². The number of ether oxygens (including phenoxy) is 2. The fraction of sp³-hybridized carbons (Fsp3) is 0.200. The molecule has 5 heteroatoms. The lowest BCUT2D eigenvalue weighted by Gasteiger charge is -2.01.